The highest BCUT2D eigenvalue weighted by Crippen LogP contribution is 2.31. The van der Waals surface area contributed by atoms with Crippen molar-refractivity contribution in [2.24, 2.45) is 0 Å². The van der Waals surface area contributed by atoms with Crippen molar-refractivity contribution in [3.05, 3.63) is 75.9 Å². The Labute approximate surface area is 151 Å². The largest absolute Gasteiger partial charge is 0.356 e. The number of carbonyl (C=O) groups is 1. The molecule has 2 heterocycles. The third kappa shape index (κ3) is 3.05. The van der Waals surface area contributed by atoms with Gasteiger partial charge in [0.2, 0.25) is 0 Å². The van der Waals surface area contributed by atoms with Gasteiger partial charge in [-0.15, -0.1) is 0 Å². The molecular formula is C20H17ClN2O2. The summed E-state index contributed by atoms with van der Waals surface area (Å²) < 4.78 is 5.57. The zero-order chi connectivity index (χ0) is 17.4. The molecule has 0 spiro atoms. The minimum Gasteiger partial charge on any atom is -0.356 e. The summed E-state index contributed by atoms with van der Waals surface area (Å²) in [6.45, 7) is 3.11. The Morgan fingerprint density at radius 2 is 2.00 bits per heavy atom. The van der Waals surface area contributed by atoms with Crippen LogP contribution in [0.5, 0.6) is 0 Å². The highest BCUT2D eigenvalue weighted by atomic mass is 35.5. The Morgan fingerprint density at radius 3 is 2.76 bits per heavy atom. The summed E-state index contributed by atoms with van der Waals surface area (Å²) in [6, 6.07) is 15.2. The van der Waals surface area contributed by atoms with Crippen molar-refractivity contribution in [3.8, 4) is 11.3 Å². The van der Waals surface area contributed by atoms with Crippen LogP contribution in [0.4, 0.5) is 0 Å². The molecule has 0 N–H and O–H groups in total. The molecule has 0 atom stereocenters. The van der Waals surface area contributed by atoms with Crippen molar-refractivity contribution in [2.75, 3.05) is 6.54 Å². The monoisotopic (exact) mass is 352 g/mol. The van der Waals surface area contributed by atoms with E-state index in [1.807, 2.05) is 60.4 Å². The van der Waals surface area contributed by atoms with E-state index in [1.54, 1.807) is 0 Å². The second kappa shape index (κ2) is 6.37. The average molecular weight is 353 g/mol. The maximum atomic E-state index is 12.7. The van der Waals surface area contributed by atoms with Gasteiger partial charge in [-0.25, -0.2) is 0 Å². The number of hydrogen-bond donors (Lipinski definition) is 0. The number of aromatic nitrogens is 1. The second-order valence-corrected chi connectivity index (χ2v) is 6.73. The van der Waals surface area contributed by atoms with Crippen molar-refractivity contribution in [1.29, 1.82) is 0 Å². The Bertz CT molecular complexity index is 931. The molecule has 0 aliphatic carbocycles. The first-order valence-corrected chi connectivity index (χ1v) is 8.59. The molecule has 2 aromatic carbocycles. The third-order valence-electron chi connectivity index (χ3n) is 4.50. The van der Waals surface area contributed by atoms with Gasteiger partial charge in [0, 0.05) is 28.3 Å². The predicted molar refractivity (Wildman–Crippen MR) is 96.6 cm³/mol. The molecule has 0 saturated carbocycles. The van der Waals surface area contributed by atoms with E-state index in [4.69, 9.17) is 16.1 Å². The summed E-state index contributed by atoms with van der Waals surface area (Å²) in [6.07, 6.45) is 0.731. The van der Waals surface area contributed by atoms with Crippen LogP contribution >= 0.6 is 11.6 Å². The van der Waals surface area contributed by atoms with Crippen molar-refractivity contribution in [3.63, 3.8) is 0 Å². The third-order valence-corrected chi connectivity index (χ3v) is 4.75. The Hall–Kier alpha value is -2.59. The molecule has 0 fully saturated rings. The second-order valence-electron chi connectivity index (χ2n) is 6.29. The molecular weight excluding hydrogens is 336 g/mol. The molecule has 0 radical (unpaired) electrons. The zero-order valence-corrected chi connectivity index (χ0v) is 14.6. The smallest absolute Gasteiger partial charge is 0.254 e. The molecule has 3 aromatic rings. The number of fused-ring (bicyclic) bond motifs is 1. The van der Waals surface area contributed by atoms with E-state index in [-0.39, 0.29) is 5.91 Å². The molecule has 1 aliphatic rings. The molecule has 5 heteroatoms. The maximum absolute atomic E-state index is 12.7. The van der Waals surface area contributed by atoms with E-state index in [0.717, 1.165) is 34.6 Å². The van der Waals surface area contributed by atoms with Crippen molar-refractivity contribution in [2.45, 2.75) is 19.9 Å². The standard InChI is InChI=1S/C20H17ClN2O2/c1-13-3-2-4-15(11-13)20(24)23-10-9-17-18(12-23)22-25-19(17)14-5-7-16(21)8-6-14/h2-8,11H,9-10,12H2,1H3. The highest BCUT2D eigenvalue weighted by molar-refractivity contribution is 6.30. The van der Waals surface area contributed by atoms with E-state index in [2.05, 4.69) is 5.16 Å². The predicted octanol–water partition coefficient (Wildman–Crippen LogP) is 4.50. The molecule has 1 aromatic heterocycles. The van der Waals surface area contributed by atoms with Crippen LogP contribution in [-0.4, -0.2) is 22.5 Å². The van der Waals surface area contributed by atoms with E-state index >= 15 is 0 Å². The lowest BCUT2D eigenvalue weighted by molar-refractivity contribution is 0.0731. The number of nitrogens with zero attached hydrogens (tertiary/aromatic N) is 2. The summed E-state index contributed by atoms with van der Waals surface area (Å²) in [4.78, 5) is 14.6. The average Bonchev–Trinajstić information content (AvgIpc) is 3.05. The van der Waals surface area contributed by atoms with Gasteiger partial charge >= 0.3 is 0 Å². The fourth-order valence-corrected chi connectivity index (χ4v) is 3.32. The van der Waals surface area contributed by atoms with E-state index in [9.17, 15) is 4.79 Å². The molecule has 0 bridgehead atoms. The van der Waals surface area contributed by atoms with Crippen molar-refractivity contribution >= 4 is 17.5 Å². The van der Waals surface area contributed by atoms with Gasteiger partial charge in [-0.2, -0.15) is 0 Å². The first kappa shape index (κ1) is 15.9. The van der Waals surface area contributed by atoms with Crippen LogP contribution in [0.25, 0.3) is 11.3 Å². The zero-order valence-electron chi connectivity index (χ0n) is 13.8. The summed E-state index contributed by atoms with van der Waals surface area (Å²) >= 11 is 5.95. The summed E-state index contributed by atoms with van der Waals surface area (Å²) in [5, 5.41) is 4.88. The topological polar surface area (TPSA) is 46.3 Å². The van der Waals surface area contributed by atoms with Crippen LogP contribution in [0.15, 0.2) is 53.1 Å². The number of halogens is 1. The summed E-state index contributed by atoms with van der Waals surface area (Å²) in [5.74, 6) is 0.805. The minimum absolute atomic E-state index is 0.0328. The van der Waals surface area contributed by atoms with Gasteiger partial charge in [0.15, 0.2) is 5.76 Å². The number of benzene rings is 2. The van der Waals surface area contributed by atoms with Gasteiger partial charge in [-0.3, -0.25) is 4.79 Å². The molecule has 1 aliphatic heterocycles. The molecule has 126 valence electrons. The molecule has 4 rings (SSSR count). The van der Waals surface area contributed by atoms with Gasteiger partial charge in [0.25, 0.3) is 5.91 Å². The van der Waals surface area contributed by atoms with Gasteiger partial charge in [0.1, 0.15) is 5.69 Å². The Kier molecular flexibility index (Phi) is 4.06. The van der Waals surface area contributed by atoms with Crippen LogP contribution < -0.4 is 0 Å². The Morgan fingerprint density at radius 1 is 1.20 bits per heavy atom. The number of amides is 1. The van der Waals surface area contributed by atoms with E-state index in [0.29, 0.717) is 23.7 Å². The Balaban J connectivity index is 1.58. The van der Waals surface area contributed by atoms with E-state index in [1.165, 1.54) is 0 Å². The fraction of sp³-hybridized carbons (Fsp3) is 0.200. The number of hydrogen-bond acceptors (Lipinski definition) is 3. The van der Waals surface area contributed by atoms with Crippen molar-refractivity contribution < 1.29 is 9.32 Å². The maximum Gasteiger partial charge on any atom is 0.254 e. The van der Waals surface area contributed by atoms with Gasteiger partial charge < -0.3 is 9.42 Å². The van der Waals surface area contributed by atoms with Gasteiger partial charge in [-0.05, 0) is 49.7 Å². The summed E-state index contributed by atoms with van der Waals surface area (Å²) in [7, 11) is 0. The highest BCUT2D eigenvalue weighted by Gasteiger charge is 2.27. The van der Waals surface area contributed by atoms with Crippen LogP contribution in [-0.2, 0) is 13.0 Å². The normalized spacial score (nSPS) is 13.6. The fourth-order valence-electron chi connectivity index (χ4n) is 3.19. The van der Waals surface area contributed by atoms with Crippen molar-refractivity contribution in [1.82, 2.24) is 10.1 Å². The quantitative estimate of drug-likeness (QED) is 0.682. The SMILES string of the molecule is Cc1cccc(C(=O)N2CCc3c(noc3-c3ccc(Cl)cc3)C2)c1. The molecule has 0 saturated heterocycles. The number of carbonyl (C=O) groups excluding carboxylic acids is 1. The first-order valence-electron chi connectivity index (χ1n) is 8.21. The first-order chi connectivity index (χ1) is 12.1. The van der Waals surface area contributed by atoms with Gasteiger partial charge in [-0.1, -0.05) is 34.5 Å². The lowest BCUT2D eigenvalue weighted by atomic mass is 10.00. The summed E-state index contributed by atoms with van der Waals surface area (Å²) in [5.41, 5.74) is 4.66. The molecule has 1 amide bonds. The van der Waals surface area contributed by atoms with Crippen LogP contribution in [0.2, 0.25) is 5.02 Å². The molecule has 0 unspecified atom stereocenters. The van der Waals surface area contributed by atoms with Crippen LogP contribution in [0.1, 0.15) is 27.2 Å². The molecule has 4 nitrogen and oxygen atoms in total. The lowest BCUT2D eigenvalue weighted by Crippen LogP contribution is -2.36. The molecule has 25 heavy (non-hydrogen) atoms. The van der Waals surface area contributed by atoms with Gasteiger partial charge in [0.05, 0.1) is 6.54 Å². The number of aryl methyl sites for hydroxylation is 1. The van der Waals surface area contributed by atoms with Crippen LogP contribution in [0.3, 0.4) is 0 Å². The minimum atomic E-state index is 0.0328. The number of rotatable bonds is 2. The van der Waals surface area contributed by atoms with Crippen LogP contribution in [0, 0.1) is 6.92 Å². The lowest BCUT2D eigenvalue weighted by Gasteiger charge is -2.26. The van der Waals surface area contributed by atoms with E-state index < -0.39 is 0 Å².